The molecule has 0 bridgehead atoms. The van der Waals surface area contributed by atoms with Gasteiger partial charge in [-0.2, -0.15) is 13.2 Å². The number of nitrogens with zero attached hydrogens (tertiary/aromatic N) is 1. The Morgan fingerprint density at radius 3 is 2.44 bits per heavy atom. The van der Waals surface area contributed by atoms with Crippen LogP contribution in [0.25, 0.3) is 0 Å². The molecule has 1 saturated carbocycles. The number of benzene rings is 1. The number of rotatable bonds is 3. The first-order chi connectivity index (χ1) is 11.6. The lowest BCUT2D eigenvalue weighted by molar-refractivity contribution is -0.146. The van der Waals surface area contributed by atoms with E-state index in [1.807, 2.05) is 0 Å². The van der Waals surface area contributed by atoms with Gasteiger partial charge in [0.05, 0.1) is 16.9 Å². The molecule has 1 saturated heterocycles. The minimum absolute atomic E-state index is 0.0160. The number of carboxylic acid groups (broad SMARTS) is 1. The molecule has 0 spiro atoms. The summed E-state index contributed by atoms with van der Waals surface area (Å²) in [6.07, 6.45) is -3.04. The van der Waals surface area contributed by atoms with Crippen LogP contribution in [0.2, 0.25) is 0 Å². The van der Waals surface area contributed by atoms with Crippen LogP contribution in [-0.2, 0) is 21.2 Å². The van der Waals surface area contributed by atoms with E-state index in [9.17, 15) is 27.2 Å². The number of amides is 1. The van der Waals surface area contributed by atoms with E-state index >= 15 is 0 Å². The van der Waals surface area contributed by atoms with Crippen LogP contribution in [0.1, 0.15) is 36.8 Å². The molecule has 0 radical (unpaired) electrons. The summed E-state index contributed by atoms with van der Waals surface area (Å²) < 4.78 is 52.5. The number of hydrogen-bond donors (Lipinski definition) is 1. The molecule has 8 heteroatoms. The number of aliphatic carboxylic acids is 1. The minimum atomic E-state index is -4.70. The molecule has 2 fully saturated rings. The summed E-state index contributed by atoms with van der Waals surface area (Å²) in [7, 11) is 0. The minimum Gasteiger partial charge on any atom is -0.481 e. The summed E-state index contributed by atoms with van der Waals surface area (Å²) in [5.74, 6) is -3.11. The fourth-order valence-corrected chi connectivity index (χ4v) is 3.45. The van der Waals surface area contributed by atoms with Gasteiger partial charge in [-0.1, -0.05) is 0 Å². The van der Waals surface area contributed by atoms with Crippen molar-refractivity contribution >= 4 is 11.9 Å². The van der Waals surface area contributed by atoms with Crippen molar-refractivity contribution in [2.45, 2.75) is 37.3 Å². The van der Waals surface area contributed by atoms with Crippen molar-refractivity contribution in [1.82, 2.24) is 4.90 Å². The quantitative estimate of drug-likeness (QED) is 0.844. The van der Waals surface area contributed by atoms with Crippen molar-refractivity contribution in [3.8, 4) is 0 Å². The lowest BCUT2D eigenvalue weighted by atomic mass is 9.90. The van der Waals surface area contributed by atoms with Crippen LogP contribution in [0.5, 0.6) is 0 Å². The van der Waals surface area contributed by atoms with E-state index in [0.29, 0.717) is 38.3 Å². The monoisotopic (exact) mass is 359 g/mol. The van der Waals surface area contributed by atoms with Crippen molar-refractivity contribution < 1.29 is 32.3 Å². The van der Waals surface area contributed by atoms with Gasteiger partial charge >= 0.3 is 12.1 Å². The predicted octanol–water partition coefficient (Wildman–Crippen LogP) is 3.20. The molecule has 1 aromatic rings. The summed E-state index contributed by atoms with van der Waals surface area (Å²) >= 11 is 0. The zero-order valence-electron chi connectivity index (χ0n) is 13.3. The molecule has 1 atom stereocenters. The maximum Gasteiger partial charge on any atom is 0.416 e. The molecule has 3 rings (SSSR count). The third-order valence-corrected chi connectivity index (χ3v) is 4.99. The van der Waals surface area contributed by atoms with Gasteiger partial charge in [-0.15, -0.1) is 0 Å². The second kappa shape index (κ2) is 6.00. The van der Waals surface area contributed by atoms with Gasteiger partial charge in [0.15, 0.2) is 0 Å². The highest BCUT2D eigenvalue weighted by Gasteiger charge is 2.54. The van der Waals surface area contributed by atoms with E-state index in [2.05, 4.69) is 0 Å². The van der Waals surface area contributed by atoms with Crippen LogP contribution >= 0.6 is 0 Å². The average Bonchev–Trinajstić information content (AvgIpc) is 3.34. The molecule has 1 aliphatic heterocycles. The second-order valence-corrected chi connectivity index (χ2v) is 6.74. The normalized spacial score (nSPS) is 22.6. The average molecular weight is 359 g/mol. The van der Waals surface area contributed by atoms with Crippen LogP contribution in [0.15, 0.2) is 18.2 Å². The number of alkyl halides is 3. The molecule has 1 amide bonds. The number of carbonyl (C=O) groups excluding carboxylic acids is 1. The molecule has 4 nitrogen and oxygen atoms in total. The molecule has 136 valence electrons. The van der Waals surface area contributed by atoms with E-state index in [1.165, 1.54) is 4.90 Å². The van der Waals surface area contributed by atoms with Gasteiger partial charge in [0.25, 0.3) is 0 Å². The Kier molecular flexibility index (Phi) is 4.25. The second-order valence-electron chi connectivity index (χ2n) is 6.74. The number of likely N-dealkylation sites (tertiary alicyclic amines) is 1. The van der Waals surface area contributed by atoms with Crippen molar-refractivity contribution in [3.63, 3.8) is 0 Å². The number of carbonyl (C=O) groups is 2. The van der Waals surface area contributed by atoms with Gasteiger partial charge in [0.2, 0.25) is 5.91 Å². The Morgan fingerprint density at radius 2 is 1.88 bits per heavy atom. The van der Waals surface area contributed by atoms with Crippen LogP contribution in [0, 0.1) is 11.7 Å². The standard InChI is InChI=1S/C17H17F4NO3/c18-13-7-11(6-12(8-13)17(19,20)21)16(3-4-16)15(25)22-5-1-2-10(9-22)14(23)24/h6-8,10H,1-5,9H2,(H,23,24). The molecule has 0 aromatic heterocycles. The van der Waals surface area contributed by atoms with E-state index in [1.54, 1.807) is 0 Å². The number of hydrogen-bond acceptors (Lipinski definition) is 2. The summed E-state index contributed by atoms with van der Waals surface area (Å²) in [6.45, 7) is 0.406. The van der Waals surface area contributed by atoms with Gasteiger partial charge < -0.3 is 10.0 Å². The molecule has 2 aliphatic rings. The van der Waals surface area contributed by atoms with Crippen molar-refractivity contribution in [2.24, 2.45) is 5.92 Å². The lowest BCUT2D eigenvalue weighted by Crippen LogP contribution is -2.46. The fourth-order valence-electron chi connectivity index (χ4n) is 3.45. The largest absolute Gasteiger partial charge is 0.481 e. The number of piperidine rings is 1. The van der Waals surface area contributed by atoms with Gasteiger partial charge in [-0.25, -0.2) is 4.39 Å². The van der Waals surface area contributed by atoms with E-state index in [4.69, 9.17) is 5.11 Å². The van der Waals surface area contributed by atoms with E-state index in [-0.39, 0.29) is 12.1 Å². The summed E-state index contributed by atoms with van der Waals surface area (Å²) in [5, 5.41) is 9.12. The van der Waals surface area contributed by atoms with Crippen LogP contribution in [-0.4, -0.2) is 35.0 Å². The summed E-state index contributed by atoms with van der Waals surface area (Å²) in [5.41, 5.74) is -2.27. The maximum absolute atomic E-state index is 13.7. The van der Waals surface area contributed by atoms with Crippen molar-refractivity contribution in [2.75, 3.05) is 13.1 Å². The van der Waals surface area contributed by atoms with Crippen LogP contribution in [0.4, 0.5) is 17.6 Å². The first-order valence-electron chi connectivity index (χ1n) is 8.04. The molecule has 25 heavy (non-hydrogen) atoms. The molecule has 1 aromatic carbocycles. The summed E-state index contributed by atoms with van der Waals surface area (Å²) in [4.78, 5) is 25.4. The number of carboxylic acids is 1. The van der Waals surface area contributed by atoms with E-state index < -0.39 is 40.8 Å². The fraction of sp³-hybridized carbons (Fsp3) is 0.529. The first kappa shape index (κ1) is 17.7. The van der Waals surface area contributed by atoms with Gasteiger partial charge in [0.1, 0.15) is 5.82 Å². The smallest absolute Gasteiger partial charge is 0.416 e. The third-order valence-electron chi connectivity index (χ3n) is 4.99. The lowest BCUT2D eigenvalue weighted by Gasteiger charge is -2.33. The zero-order valence-corrected chi connectivity index (χ0v) is 13.3. The van der Waals surface area contributed by atoms with Gasteiger partial charge in [-0.3, -0.25) is 9.59 Å². The first-order valence-corrected chi connectivity index (χ1v) is 8.04. The van der Waals surface area contributed by atoms with Crippen LogP contribution in [0.3, 0.4) is 0 Å². The van der Waals surface area contributed by atoms with E-state index in [0.717, 1.165) is 12.1 Å². The maximum atomic E-state index is 13.7. The highest BCUT2D eigenvalue weighted by molar-refractivity contribution is 5.91. The van der Waals surface area contributed by atoms with Crippen molar-refractivity contribution in [3.05, 3.63) is 35.1 Å². The third kappa shape index (κ3) is 3.34. The Labute approximate surface area is 141 Å². The molecule has 1 aliphatic carbocycles. The van der Waals surface area contributed by atoms with Gasteiger partial charge in [0, 0.05) is 13.1 Å². The molecule has 1 N–H and O–H groups in total. The highest BCUT2D eigenvalue weighted by atomic mass is 19.4. The van der Waals surface area contributed by atoms with Crippen molar-refractivity contribution in [1.29, 1.82) is 0 Å². The predicted molar refractivity (Wildman–Crippen MR) is 79.3 cm³/mol. The topological polar surface area (TPSA) is 57.6 Å². The molecule has 1 heterocycles. The number of halogens is 4. The Bertz CT molecular complexity index is 712. The molecular weight excluding hydrogens is 342 g/mol. The Hall–Kier alpha value is -2.12. The van der Waals surface area contributed by atoms with Gasteiger partial charge in [-0.05, 0) is 49.4 Å². The van der Waals surface area contributed by atoms with Crippen LogP contribution < -0.4 is 0 Å². The zero-order chi connectivity index (χ0) is 18.4. The molecular formula is C17H17F4NO3. The summed E-state index contributed by atoms with van der Waals surface area (Å²) in [6, 6.07) is 2.21. The highest BCUT2D eigenvalue weighted by Crippen LogP contribution is 2.51. The SMILES string of the molecule is O=C(O)C1CCCN(C(=O)C2(c3cc(F)cc(C(F)(F)F)c3)CC2)C1. The Morgan fingerprint density at radius 1 is 1.20 bits per heavy atom. The molecule has 1 unspecified atom stereocenters. The Balaban J connectivity index is 1.88.